The zero-order valence-corrected chi connectivity index (χ0v) is 9.35. The number of hydrogen-bond donors (Lipinski definition) is 2. The van der Waals surface area contributed by atoms with Gasteiger partial charge in [0.2, 0.25) is 5.16 Å². The minimum absolute atomic E-state index is 0.536. The van der Waals surface area contributed by atoms with Gasteiger partial charge in [0.05, 0.1) is 18.1 Å². The van der Waals surface area contributed by atoms with E-state index in [1.165, 1.54) is 11.8 Å². The number of anilines is 1. The lowest BCUT2D eigenvalue weighted by molar-refractivity contribution is 0.664. The number of nitrogens with one attached hydrogen (secondary N) is 1. The second kappa shape index (κ2) is 4.86. The van der Waals surface area contributed by atoms with Gasteiger partial charge in [-0.1, -0.05) is 11.8 Å². The molecule has 0 saturated carbocycles. The van der Waals surface area contributed by atoms with Crippen molar-refractivity contribution in [3.05, 3.63) is 18.1 Å². The Hall–Kier alpha value is -1.74. The van der Waals surface area contributed by atoms with Crippen molar-refractivity contribution in [3.8, 4) is 0 Å². The molecule has 3 N–H and O–H groups in total. The van der Waals surface area contributed by atoms with Gasteiger partial charge < -0.3 is 5.43 Å². The average Bonchev–Trinajstić information content (AvgIpc) is 2.73. The molecular formula is C7H10N8S. The van der Waals surface area contributed by atoms with E-state index in [0.717, 1.165) is 10.9 Å². The molecule has 16 heavy (non-hydrogen) atoms. The number of hydrazine groups is 1. The van der Waals surface area contributed by atoms with Crippen molar-refractivity contribution in [2.24, 2.45) is 12.9 Å². The first-order valence-corrected chi connectivity index (χ1v) is 5.41. The van der Waals surface area contributed by atoms with Crippen molar-refractivity contribution < 1.29 is 0 Å². The zero-order valence-electron chi connectivity index (χ0n) is 8.53. The molecular weight excluding hydrogens is 228 g/mol. The Balaban J connectivity index is 1.97. The standard InChI is InChI=1S/C7H10N8S/c1-15-7(12-13-14-15)16-4-5-2-10-6(11-8)3-9-5/h2-3H,4,8H2,1H3,(H,10,11). The second-order valence-electron chi connectivity index (χ2n) is 2.91. The van der Waals surface area contributed by atoms with Crippen LogP contribution in [0.15, 0.2) is 17.6 Å². The summed E-state index contributed by atoms with van der Waals surface area (Å²) in [6, 6.07) is 0. The SMILES string of the molecule is Cn1nnnc1SCc1cnc(NN)cn1. The minimum atomic E-state index is 0.536. The molecule has 0 radical (unpaired) electrons. The van der Waals surface area contributed by atoms with Gasteiger partial charge in [0.25, 0.3) is 0 Å². The van der Waals surface area contributed by atoms with E-state index in [-0.39, 0.29) is 0 Å². The predicted molar refractivity (Wildman–Crippen MR) is 58.2 cm³/mol. The summed E-state index contributed by atoms with van der Waals surface area (Å²) in [4.78, 5) is 8.22. The van der Waals surface area contributed by atoms with Crippen molar-refractivity contribution in [2.45, 2.75) is 10.9 Å². The molecule has 0 bridgehead atoms. The van der Waals surface area contributed by atoms with Gasteiger partial charge in [-0.15, -0.1) is 5.10 Å². The molecule has 0 amide bonds. The Morgan fingerprint density at radius 2 is 2.31 bits per heavy atom. The quantitative estimate of drug-likeness (QED) is 0.420. The zero-order chi connectivity index (χ0) is 11.4. The van der Waals surface area contributed by atoms with Crippen molar-refractivity contribution in [3.63, 3.8) is 0 Å². The summed E-state index contributed by atoms with van der Waals surface area (Å²) in [5, 5.41) is 11.9. The van der Waals surface area contributed by atoms with E-state index >= 15 is 0 Å². The summed E-state index contributed by atoms with van der Waals surface area (Å²) in [6.45, 7) is 0. The van der Waals surface area contributed by atoms with Crippen LogP contribution < -0.4 is 11.3 Å². The number of aromatic nitrogens is 6. The maximum atomic E-state index is 5.18. The Morgan fingerprint density at radius 1 is 1.44 bits per heavy atom. The molecule has 0 saturated heterocycles. The van der Waals surface area contributed by atoms with Crippen LogP contribution in [0.25, 0.3) is 0 Å². The number of nitrogen functional groups attached to an aromatic ring is 1. The van der Waals surface area contributed by atoms with Gasteiger partial charge in [-0.25, -0.2) is 15.5 Å². The van der Waals surface area contributed by atoms with Crippen molar-refractivity contribution in [1.29, 1.82) is 0 Å². The Kier molecular flexibility index (Phi) is 3.27. The molecule has 9 heteroatoms. The molecule has 0 aliphatic heterocycles. The lowest BCUT2D eigenvalue weighted by Crippen LogP contribution is -2.09. The normalized spacial score (nSPS) is 10.4. The highest BCUT2D eigenvalue weighted by molar-refractivity contribution is 7.98. The number of rotatable bonds is 4. The average molecular weight is 238 g/mol. The van der Waals surface area contributed by atoms with E-state index in [0.29, 0.717) is 11.6 Å². The van der Waals surface area contributed by atoms with Gasteiger partial charge in [-0.3, -0.25) is 4.98 Å². The number of aryl methyl sites for hydroxylation is 1. The summed E-state index contributed by atoms with van der Waals surface area (Å²) >= 11 is 1.49. The van der Waals surface area contributed by atoms with Crippen LogP contribution in [-0.4, -0.2) is 30.2 Å². The second-order valence-corrected chi connectivity index (χ2v) is 3.85. The first kappa shape index (κ1) is 10.8. The highest BCUT2D eigenvalue weighted by atomic mass is 32.2. The summed E-state index contributed by atoms with van der Waals surface area (Å²) in [6.07, 6.45) is 3.23. The van der Waals surface area contributed by atoms with Gasteiger partial charge in [-0.2, -0.15) is 0 Å². The van der Waals surface area contributed by atoms with Gasteiger partial charge in [-0.05, 0) is 10.4 Å². The van der Waals surface area contributed by atoms with E-state index in [9.17, 15) is 0 Å². The van der Waals surface area contributed by atoms with Crippen molar-refractivity contribution in [1.82, 2.24) is 30.2 Å². The first-order chi connectivity index (χ1) is 7.79. The van der Waals surface area contributed by atoms with Crippen LogP contribution in [0.2, 0.25) is 0 Å². The summed E-state index contributed by atoms with van der Waals surface area (Å²) in [5.41, 5.74) is 3.26. The largest absolute Gasteiger partial charge is 0.307 e. The monoisotopic (exact) mass is 238 g/mol. The number of nitrogens with two attached hydrogens (primary N) is 1. The summed E-state index contributed by atoms with van der Waals surface area (Å²) in [5.74, 6) is 6.38. The van der Waals surface area contributed by atoms with Crippen LogP contribution in [-0.2, 0) is 12.8 Å². The van der Waals surface area contributed by atoms with Crippen molar-refractivity contribution in [2.75, 3.05) is 5.43 Å². The molecule has 2 heterocycles. The fourth-order valence-electron chi connectivity index (χ4n) is 0.986. The molecule has 2 aromatic heterocycles. The molecule has 0 atom stereocenters. The maximum Gasteiger partial charge on any atom is 0.209 e. The molecule has 0 unspecified atom stereocenters. The van der Waals surface area contributed by atoms with E-state index in [2.05, 4.69) is 30.9 Å². The third kappa shape index (κ3) is 2.44. The fourth-order valence-corrected chi connectivity index (χ4v) is 1.73. The first-order valence-electron chi connectivity index (χ1n) is 4.42. The fraction of sp³-hybridized carbons (Fsp3) is 0.286. The van der Waals surface area contributed by atoms with Gasteiger partial charge in [0.15, 0.2) is 5.82 Å². The highest BCUT2D eigenvalue weighted by Crippen LogP contribution is 2.17. The van der Waals surface area contributed by atoms with Crippen LogP contribution in [0.1, 0.15) is 5.69 Å². The summed E-state index contributed by atoms with van der Waals surface area (Å²) in [7, 11) is 1.79. The Labute approximate surface area is 95.6 Å². The predicted octanol–water partition coefficient (Wildman–Crippen LogP) is -0.422. The molecule has 0 spiro atoms. The van der Waals surface area contributed by atoms with E-state index in [1.54, 1.807) is 24.1 Å². The Morgan fingerprint density at radius 3 is 2.88 bits per heavy atom. The maximum absolute atomic E-state index is 5.18. The van der Waals surface area contributed by atoms with Crippen LogP contribution in [0.3, 0.4) is 0 Å². The molecule has 2 rings (SSSR count). The van der Waals surface area contributed by atoms with E-state index in [4.69, 9.17) is 5.84 Å². The number of thioether (sulfide) groups is 1. The molecule has 0 aliphatic rings. The number of nitrogens with zero attached hydrogens (tertiary/aromatic N) is 6. The summed E-state index contributed by atoms with van der Waals surface area (Å²) < 4.78 is 1.61. The lowest BCUT2D eigenvalue weighted by Gasteiger charge is -2.00. The lowest BCUT2D eigenvalue weighted by atomic mass is 10.5. The number of tetrazole rings is 1. The van der Waals surface area contributed by atoms with Gasteiger partial charge in [0, 0.05) is 12.8 Å². The van der Waals surface area contributed by atoms with Crippen LogP contribution in [0.5, 0.6) is 0 Å². The minimum Gasteiger partial charge on any atom is -0.307 e. The van der Waals surface area contributed by atoms with Crippen LogP contribution in [0.4, 0.5) is 5.82 Å². The highest BCUT2D eigenvalue weighted by Gasteiger charge is 2.04. The van der Waals surface area contributed by atoms with E-state index < -0.39 is 0 Å². The molecule has 0 aliphatic carbocycles. The number of hydrogen-bond acceptors (Lipinski definition) is 8. The Bertz CT molecular complexity index is 452. The smallest absolute Gasteiger partial charge is 0.209 e. The third-order valence-electron chi connectivity index (χ3n) is 1.78. The molecule has 8 nitrogen and oxygen atoms in total. The van der Waals surface area contributed by atoms with Gasteiger partial charge >= 0.3 is 0 Å². The topological polar surface area (TPSA) is 107 Å². The molecule has 0 fully saturated rings. The van der Waals surface area contributed by atoms with Crippen LogP contribution >= 0.6 is 11.8 Å². The van der Waals surface area contributed by atoms with Crippen LogP contribution in [0, 0.1) is 0 Å². The van der Waals surface area contributed by atoms with Crippen molar-refractivity contribution >= 4 is 17.6 Å². The third-order valence-corrected chi connectivity index (χ3v) is 2.83. The van der Waals surface area contributed by atoms with E-state index in [1.807, 2.05) is 0 Å². The van der Waals surface area contributed by atoms with Gasteiger partial charge in [0.1, 0.15) is 0 Å². The molecule has 84 valence electrons. The molecule has 0 aromatic carbocycles. The molecule has 2 aromatic rings.